The van der Waals surface area contributed by atoms with Crippen molar-refractivity contribution in [3.05, 3.63) is 178 Å². The third-order valence-electron chi connectivity index (χ3n) is 11.9. The molecule has 8 rings (SSSR count). The third kappa shape index (κ3) is 5.99. The molecule has 0 saturated carbocycles. The van der Waals surface area contributed by atoms with Gasteiger partial charge in [-0.15, -0.1) is 0 Å². The number of rotatable bonds is 8. The zero-order chi connectivity index (χ0) is 36.1. The summed E-state index contributed by atoms with van der Waals surface area (Å²) < 4.78 is 0. The zero-order valence-electron chi connectivity index (χ0n) is 31.8. The Bertz CT molecular complexity index is 2160. The van der Waals surface area contributed by atoms with Crippen LogP contribution in [0.4, 0.5) is 11.4 Å². The summed E-state index contributed by atoms with van der Waals surface area (Å²) in [6.45, 7) is 7.38. The Kier molecular flexibility index (Phi) is 9.17. The fourth-order valence-corrected chi connectivity index (χ4v) is 12.7. The molecule has 0 spiro atoms. The first-order chi connectivity index (χ1) is 25.2. The lowest BCUT2D eigenvalue weighted by molar-refractivity contribution is 0.947. The zero-order valence-corrected chi connectivity index (χ0v) is 32.8. The minimum atomic E-state index is -0.958. The van der Waals surface area contributed by atoms with E-state index in [1.807, 2.05) is 0 Å². The van der Waals surface area contributed by atoms with Crippen molar-refractivity contribution in [1.29, 1.82) is 0 Å². The number of benzene rings is 4. The van der Waals surface area contributed by atoms with Gasteiger partial charge in [0.2, 0.25) is 0 Å². The van der Waals surface area contributed by atoms with Crippen molar-refractivity contribution in [2.45, 2.75) is 56.2 Å². The second kappa shape index (κ2) is 13.9. The van der Waals surface area contributed by atoms with Gasteiger partial charge in [0.05, 0.1) is 8.80 Å². The average Bonchev–Trinajstić information content (AvgIpc) is 3.54. The highest BCUT2D eigenvalue weighted by Crippen LogP contribution is 2.55. The SMILES string of the molecule is CCC1=CC2=C(C=CC=CC2c2ccc3cc(N(C)C)ccc3c2)C1[Si](C)C1C(CC)=CC2=C1C=CC=CC2c1ccc2cc(N(C)C)ccc2c1. The van der Waals surface area contributed by atoms with Crippen LogP contribution in [0.3, 0.4) is 0 Å². The van der Waals surface area contributed by atoms with E-state index in [1.165, 1.54) is 55.2 Å². The first-order valence-corrected chi connectivity index (χ1v) is 21.2. The van der Waals surface area contributed by atoms with E-state index in [0.29, 0.717) is 11.1 Å². The van der Waals surface area contributed by atoms with Gasteiger partial charge >= 0.3 is 0 Å². The molecule has 0 heterocycles. The lowest BCUT2D eigenvalue weighted by atomic mass is 9.88. The van der Waals surface area contributed by atoms with E-state index in [1.54, 1.807) is 22.3 Å². The molecule has 52 heavy (non-hydrogen) atoms. The molecule has 2 nitrogen and oxygen atoms in total. The van der Waals surface area contributed by atoms with Crippen LogP contribution >= 0.6 is 0 Å². The minimum Gasteiger partial charge on any atom is -0.378 e. The highest BCUT2D eigenvalue weighted by atomic mass is 28.3. The number of fused-ring (bicyclic) bond motifs is 2. The van der Waals surface area contributed by atoms with Gasteiger partial charge in [-0.25, -0.2) is 0 Å². The molecule has 4 aromatic rings. The molecule has 4 atom stereocenters. The van der Waals surface area contributed by atoms with E-state index < -0.39 is 8.80 Å². The van der Waals surface area contributed by atoms with Gasteiger partial charge in [0.25, 0.3) is 0 Å². The Morgan fingerprint density at radius 1 is 0.500 bits per heavy atom. The van der Waals surface area contributed by atoms with Gasteiger partial charge in [-0.05, 0) is 103 Å². The summed E-state index contributed by atoms with van der Waals surface area (Å²) in [4.78, 5) is 4.36. The van der Waals surface area contributed by atoms with Crippen LogP contribution in [0.1, 0.15) is 49.7 Å². The molecule has 4 aliphatic rings. The summed E-state index contributed by atoms with van der Waals surface area (Å²) >= 11 is 0. The predicted molar refractivity (Wildman–Crippen MR) is 229 cm³/mol. The van der Waals surface area contributed by atoms with E-state index in [9.17, 15) is 0 Å². The third-order valence-corrected chi connectivity index (χ3v) is 15.1. The molecule has 4 unspecified atom stereocenters. The highest BCUT2D eigenvalue weighted by molar-refractivity contribution is 6.64. The van der Waals surface area contributed by atoms with Crippen LogP contribution in [0.5, 0.6) is 0 Å². The summed E-state index contributed by atoms with van der Waals surface area (Å²) in [6, 6.07) is 27.8. The van der Waals surface area contributed by atoms with Crippen molar-refractivity contribution in [3.63, 3.8) is 0 Å². The second-order valence-electron chi connectivity index (χ2n) is 15.4. The standard InChI is InChI=1S/C49H51N2Si/c1-8-32-30-46-42(38-20-18-36-28-40(50(3)4)24-22-34(36)26-38)14-10-12-16-44(46)48(32)52(7)49-33(9-2)31-47-43(15-11-13-17-45(47)49)39-21-19-37-29-41(51(5)6)25-23-35(37)27-39/h10-31,42-43,48-49H,8-9H2,1-7H3. The molecule has 1 radical (unpaired) electrons. The van der Waals surface area contributed by atoms with E-state index >= 15 is 0 Å². The molecule has 3 heteroatoms. The van der Waals surface area contributed by atoms with Crippen LogP contribution in [0.25, 0.3) is 21.5 Å². The van der Waals surface area contributed by atoms with Gasteiger partial charge in [-0.1, -0.05) is 141 Å². The molecule has 0 fully saturated rings. The average molecular weight is 696 g/mol. The van der Waals surface area contributed by atoms with Crippen molar-refractivity contribution in [1.82, 2.24) is 0 Å². The Morgan fingerprint density at radius 2 is 0.904 bits per heavy atom. The Morgan fingerprint density at radius 3 is 1.31 bits per heavy atom. The maximum atomic E-state index is 2.64. The Balaban J connectivity index is 1.16. The Labute approximate surface area is 312 Å². The van der Waals surface area contributed by atoms with Crippen molar-refractivity contribution < 1.29 is 0 Å². The van der Waals surface area contributed by atoms with Crippen LogP contribution in [0, 0.1) is 0 Å². The van der Waals surface area contributed by atoms with E-state index in [2.05, 4.69) is 192 Å². The van der Waals surface area contributed by atoms with Crippen LogP contribution in [0.2, 0.25) is 17.6 Å². The molecule has 0 amide bonds. The molecule has 4 aliphatic carbocycles. The van der Waals surface area contributed by atoms with E-state index in [-0.39, 0.29) is 11.8 Å². The van der Waals surface area contributed by atoms with Gasteiger partial charge in [-0.2, -0.15) is 0 Å². The lowest BCUT2D eigenvalue weighted by Crippen LogP contribution is -2.26. The quantitative estimate of drug-likeness (QED) is 0.169. The summed E-state index contributed by atoms with van der Waals surface area (Å²) in [5.41, 5.74) is 15.5. The molecular formula is C49H51N2Si. The topological polar surface area (TPSA) is 6.48 Å². The molecule has 0 saturated heterocycles. The Hall–Kier alpha value is -4.86. The highest BCUT2D eigenvalue weighted by Gasteiger charge is 2.42. The molecule has 261 valence electrons. The first-order valence-electron chi connectivity index (χ1n) is 19.1. The number of allylic oxidation sites excluding steroid dienone is 16. The van der Waals surface area contributed by atoms with Crippen molar-refractivity contribution >= 4 is 41.7 Å². The summed E-state index contributed by atoms with van der Waals surface area (Å²) in [5, 5.41) is 5.20. The van der Waals surface area contributed by atoms with Gasteiger partial charge in [-0.3, -0.25) is 0 Å². The van der Waals surface area contributed by atoms with Crippen molar-refractivity contribution in [2.24, 2.45) is 0 Å². The summed E-state index contributed by atoms with van der Waals surface area (Å²) in [7, 11) is 7.48. The predicted octanol–water partition coefficient (Wildman–Crippen LogP) is 12.4. The maximum Gasteiger partial charge on any atom is 0.0717 e. The number of hydrogen-bond acceptors (Lipinski definition) is 2. The van der Waals surface area contributed by atoms with E-state index in [0.717, 1.165) is 12.8 Å². The van der Waals surface area contributed by atoms with Crippen LogP contribution < -0.4 is 9.80 Å². The molecule has 0 aromatic heterocycles. The molecule has 0 bridgehead atoms. The van der Waals surface area contributed by atoms with Crippen LogP contribution in [-0.2, 0) is 0 Å². The van der Waals surface area contributed by atoms with Crippen LogP contribution in [0.15, 0.2) is 167 Å². The molecular weight excluding hydrogens is 645 g/mol. The smallest absolute Gasteiger partial charge is 0.0717 e. The van der Waals surface area contributed by atoms with Gasteiger partial charge in [0, 0.05) is 51.4 Å². The fraction of sp³-hybridized carbons (Fsp3) is 0.265. The van der Waals surface area contributed by atoms with Gasteiger partial charge in [0.1, 0.15) is 0 Å². The monoisotopic (exact) mass is 695 g/mol. The van der Waals surface area contributed by atoms with Crippen molar-refractivity contribution in [3.8, 4) is 0 Å². The first kappa shape index (κ1) is 34.2. The van der Waals surface area contributed by atoms with Gasteiger partial charge < -0.3 is 9.80 Å². The van der Waals surface area contributed by atoms with Crippen molar-refractivity contribution in [2.75, 3.05) is 38.0 Å². The molecule has 4 aromatic carbocycles. The second-order valence-corrected chi connectivity index (χ2v) is 18.0. The minimum absolute atomic E-state index is 0.247. The number of hydrogen-bond donors (Lipinski definition) is 0. The van der Waals surface area contributed by atoms with E-state index in [4.69, 9.17) is 0 Å². The number of nitrogens with zero attached hydrogens (tertiary/aromatic N) is 2. The number of anilines is 2. The summed E-state index contributed by atoms with van der Waals surface area (Å²) in [6.07, 6.45) is 26.3. The molecule has 0 aliphatic heterocycles. The summed E-state index contributed by atoms with van der Waals surface area (Å²) in [5.74, 6) is 0.494. The normalized spacial score (nSPS) is 22.2. The van der Waals surface area contributed by atoms with Crippen LogP contribution in [-0.4, -0.2) is 37.0 Å². The fourth-order valence-electron chi connectivity index (χ4n) is 9.15. The van der Waals surface area contributed by atoms with Gasteiger partial charge in [0.15, 0.2) is 0 Å². The molecule has 0 N–H and O–H groups in total. The maximum absolute atomic E-state index is 2.64. The largest absolute Gasteiger partial charge is 0.378 e. The lowest BCUT2D eigenvalue weighted by Gasteiger charge is -2.31.